The minimum Gasteiger partial charge on any atom is -0.209 e. The van der Waals surface area contributed by atoms with E-state index in [1.807, 2.05) is 6.07 Å². The molecular formula is C11H14N2O2S. The molecule has 0 radical (unpaired) electrons. The molecule has 0 atom stereocenters. The van der Waals surface area contributed by atoms with Crippen LogP contribution >= 0.6 is 0 Å². The molecule has 0 aliphatic carbocycles. The molecule has 0 heterocycles. The molecule has 1 aromatic rings. The molecule has 0 aliphatic rings. The molecule has 0 saturated heterocycles. The van der Waals surface area contributed by atoms with Gasteiger partial charge in [0.15, 0.2) is 0 Å². The molecule has 0 amide bonds. The van der Waals surface area contributed by atoms with Gasteiger partial charge in [0, 0.05) is 6.04 Å². The molecule has 0 fully saturated rings. The number of sulfonamides is 1. The Hall–Kier alpha value is -1.38. The minimum atomic E-state index is -3.52. The van der Waals surface area contributed by atoms with E-state index in [0.717, 1.165) is 0 Å². The lowest BCUT2D eigenvalue weighted by molar-refractivity contribution is 0.569. The van der Waals surface area contributed by atoms with Crippen molar-refractivity contribution in [2.24, 2.45) is 0 Å². The second-order valence-corrected chi connectivity index (χ2v) is 5.55. The van der Waals surface area contributed by atoms with Crippen molar-refractivity contribution in [1.29, 1.82) is 5.26 Å². The molecule has 5 heteroatoms. The third-order valence-electron chi connectivity index (χ3n) is 2.00. The van der Waals surface area contributed by atoms with Crippen molar-refractivity contribution >= 4 is 10.0 Å². The highest BCUT2D eigenvalue weighted by Gasteiger charge is 2.18. The molecule has 0 saturated carbocycles. The predicted octanol–water partition coefficient (Wildman–Crippen LogP) is 1.55. The van der Waals surface area contributed by atoms with Gasteiger partial charge in [-0.3, -0.25) is 0 Å². The van der Waals surface area contributed by atoms with E-state index in [4.69, 9.17) is 5.26 Å². The summed E-state index contributed by atoms with van der Waals surface area (Å²) >= 11 is 0. The van der Waals surface area contributed by atoms with Crippen LogP contribution in [0.2, 0.25) is 0 Å². The molecule has 1 rings (SSSR count). The van der Waals surface area contributed by atoms with Crippen LogP contribution in [0.25, 0.3) is 0 Å². The van der Waals surface area contributed by atoms with Crippen molar-refractivity contribution in [3.63, 3.8) is 0 Å². The SMILES string of the molecule is Cc1ccc(C#N)cc1S(=O)(=O)NC(C)C. The van der Waals surface area contributed by atoms with Gasteiger partial charge in [-0.2, -0.15) is 5.26 Å². The van der Waals surface area contributed by atoms with Gasteiger partial charge in [0.25, 0.3) is 0 Å². The third-order valence-corrected chi connectivity index (χ3v) is 3.80. The van der Waals surface area contributed by atoms with E-state index in [2.05, 4.69) is 4.72 Å². The maximum Gasteiger partial charge on any atom is 0.241 e. The van der Waals surface area contributed by atoms with Crippen molar-refractivity contribution in [1.82, 2.24) is 4.72 Å². The van der Waals surface area contributed by atoms with E-state index in [9.17, 15) is 8.42 Å². The Morgan fingerprint density at radius 1 is 1.38 bits per heavy atom. The first kappa shape index (κ1) is 12.7. The summed E-state index contributed by atoms with van der Waals surface area (Å²) in [7, 11) is -3.52. The standard InChI is InChI=1S/C11H14N2O2S/c1-8(2)13-16(14,15)11-6-10(7-12)5-4-9(11)3/h4-6,8,13H,1-3H3. The largest absolute Gasteiger partial charge is 0.241 e. The van der Waals surface area contributed by atoms with Crippen LogP contribution in [0.1, 0.15) is 25.0 Å². The highest BCUT2D eigenvalue weighted by atomic mass is 32.2. The van der Waals surface area contributed by atoms with Crippen LogP contribution in [-0.2, 0) is 10.0 Å². The molecule has 0 bridgehead atoms. The number of aryl methyl sites for hydroxylation is 1. The summed E-state index contributed by atoms with van der Waals surface area (Å²) in [5.41, 5.74) is 0.974. The summed E-state index contributed by atoms with van der Waals surface area (Å²) in [5.74, 6) is 0. The Kier molecular flexibility index (Phi) is 3.68. The summed E-state index contributed by atoms with van der Waals surface area (Å²) in [4.78, 5) is 0.167. The first-order valence-electron chi connectivity index (χ1n) is 4.90. The summed E-state index contributed by atoms with van der Waals surface area (Å²) in [6.07, 6.45) is 0. The zero-order chi connectivity index (χ0) is 12.3. The molecular weight excluding hydrogens is 224 g/mol. The van der Waals surface area contributed by atoms with Gasteiger partial charge >= 0.3 is 0 Å². The zero-order valence-corrected chi connectivity index (χ0v) is 10.3. The van der Waals surface area contributed by atoms with Crippen molar-refractivity contribution in [2.45, 2.75) is 31.7 Å². The lowest BCUT2D eigenvalue weighted by Crippen LogP contribution is -2.30. The van der Waals surface area contributed by atoms with Gasteiger partial charge in [-0.05, 0) is 38.5 Å². The number of nitrogens with zero attached hydrogens (tertiary/aromatic N) is 1. The van der Waals surface area contributed by atoms with Gasteiger partial charge in [0.1, 0.15) is 0 Å². The number of benzene rings is 1. The van der Waals surface area contributed by atoms with E-state index >= 15 is 0 Å². The van der Waals surface area contributed by atoms with E-state index < -0.39 is 10.0 Å². The first-order chi connectivity index (χ1) is 7.36. The second-order valence-electron chi connectivity index (χ2n) is 3.87. The van der Waals surface area contributed by atoms with Gasteiger partial charge in [0.05, 0.1) is 16.5 Å². The maximum atomic E-state index is 11.9. The van der Waals surface area contributed by atoms with Crippen LogP contribution in [0.3, 0.4) is 0 Å². The smallest absolute Gasteiger partial charge is 0.209 e. The van der Waals surface area contributed by atoms with Gasteiger partial charge < -0.3 is 0 Å². The van der Waals surface area contributed by atoms with Gasteiger partial charge in [-0.15, -0.1) is 0 Å². The highest BCUT2D eigenvalue weighted by Crippen LogP contribution is 2.16. The van der Waals surface area contributed by atoms with Crippen LogP contribution in [0.5, 0.6) is 0 Å². The van der Waals surface area contributed by atoms with Gasteiger partial charge in [0.2, 0.25) is 10.0 Å². The first-order valence-corrected chi connectivity index (χ1v) is 6.38. The predicted molar refractivity (Wildman–Crippen MR) is 61.4 cm³/mol. The fourth-order valence-electron chi connectivity index (χ4n) is 1.33. The van der Waals surface area contributed by atoms with E-state index in [0.29, 0.717) is 11.1 Å². The van der Waals surface area contributed by atoms with Gasteiger partial charge in [-0.25, -0.2) is 13.1 Å². The minimum absolute atomic E-state index is 0.167. The molecule has 86 valence electrons. The number of hydrogen-bond donors (Lipinski definition) is 1. The zero-order valence-electron chi connectivity index (χ0n) is 9.48. The normalized spacial score (nSPS) is 11.4. The molecule has 0 unspecified atom stereocenters. The van der Waals surface area contributed by atoms with Crippen molar-refractivity contribution in [2.75, 3.05) is 0 Å². The number of nitriles is 1. The molecule has 0 aromatic heterocycles. The summed E-state index contributed by atoms with van der Waals surface area (Å²) < 4.78 is 26.3. The topological polar surface area (TPSA) is 70.0 Å². The van der Waals surface area contributed by atoms with E-state index in [-0.39, 0.29) is 10.9 Å². The molecule has 1 N–H and O–H groups in total. The molecule has 1 aromatic carbocycles. The van der Waals surface area contributed by atoms with Crippen molar-refractivity contribution in [3.8, 4) is 6.07 Å². The van der Waals surface area contributed by atoms with Crippen molar-refractivity contribution in [3.05, 3.63) is 29.3 Å². The van der Waals surface area contributed by atoms with Crippen molar-refractivity contribution < 1.29 is 8.42 Å². The fourth-order valence-corrected chi connectivity index (χ4v) is 2.85. The summed E-state index contributed by atoms with van der Waals surface area (Å²) in [6.45, 7) is 5.21. The Morgan fingerprint density at radius 2 is 2.00 bits per heavy atom. The average Bonchev–Trinajstić information content (AvgIpc) is 2.16. The molecule has 0 aliphatic heterocycles. The van der Waals surface area contributed by atoms with Crippen LogP contribution in [0.15, 0.2) is 23.1 Å². The number of nitrogens with one attached hydrogen (secondary N) is 1. The average molecular weight is 238 g/mol. The molecule has 16 heavy (non-hydrogen) atoms. The van der Waals surface area contributed by atoms with Crippen LogP contribution in [0, 0.1) is 18.3 Å². The lowest BCUT2D eigenvalue weighted by atomic mass is 10.2. The van der Waals surface area contributed by atoms with Crippen LogP contribution in [-0.4, -0.2) is 14.5 Å². The van der Waals surface area contributed by atoms with Crippen LogP contribution < -0.4 is 4.72 Å². The van der Waals surface area contributed by atoms with Crippen LogP contribution in [0.4, 0.5) is 0 Å². The van der Waals surface area contributed by atoms with Gasteiger partial charge in [-0.1, -0.05) is 6.07 Å². The Morgan fingerprint density at radius 3 is 2.50 bits per heavy atom. The Labute approximate surface area is 96.0 Å². The number of rotatable bonds is 3. The summed E-state index contributed by atoms with van der Waals surface area (Å²) in [6, 6.07) is 6.38. The molecule has 0 spiro atoms. The Bertz CT molecular complexity index is 527. The fraction of sp³-hybridized carbons (Fsp3) is 0.364. The molecule has 4 nitrogen and oxygen atoms in total. The second kappa shape index (κ2) is 4.64. The number of hydrogen-bond acceptors (Lipinski definition) is 3. The van der Waals surface area contributed by atoms with E-state index in [1.165, 1.54) is 6.07 Å². The third kappa shape index (κ3) is 2.81. The quantitative estimate of drug-likeness (QED) is 0.868. The Balaban J connectivity index is 3.28. The monoisotopic (exact) mass is 238 g/mol. The maximum absolute atomic E-state index is 11.9. The van der Waals surface area contributed by atoms with E-state index in [1.54, 1.807) is 32.9 Å². The highest BCUT2D eigenvalue weighted by molar-refractivity contribution is 7.89. The lowest BCUT2D eigenvalue weighted by Gasteiger charge is -2.11. The summed E-state index contributed by atoms with van der Waals surface area (Å²) in [5, 5.41) is 8.74.